The molecule has 0 aliphatic rings. The van der Waals surface area contributed by atoms with Crippen molar-refractivity contribution in [2.24, 2.45) is 0 Å². The molecule has 3 heteroatoms. The Bertz CT molecular complexity index is 393. The molecule has 0 radical (unpaired) electrons. The predicted molar refractivity (Wildman–Crippen MR) is 79.1 cm³/mol. The van der Waals surface area contributed by atoms with Gasteiger partial charge in [-0.25, -0.2) is 4.39 Å². The van der Waals surface area contributed by atoms with Crippen molar-refractivity contribution in [3.05, 3.63) is 34.1 Å². The van der Waals surface area contributed by atoms with E-state index in [1.807, 2.05) is 0 Å². The van der Waals surface area contributed by atoms with Crippen LogP contribution < -0.4 is 0 Å². The number of unbranched alkanes of at least 4 members (excludes halogenated alkanes) is 5. The Morgan fingerprint density at radius 3 is 2.47 bits per heavy atom. The largest absolute Gasteiger partial charge is 0.388 e. The summed E-state index contributed by atoms with van der Waals surface area (Å²) in [5.74, 6) is -0.319. The van der Waals surface area contributed by atoms with Gasteiger partial charge in [-0.3, -0.25) is 0 Å². The zero-order valence-corrected chi connectivity index (χ0v) is 12.6. The first kappa shape index (κ1) is 16.5. The fraction of sp³-hybridized carbons (Fsp3) is 0.625. The molecule has 0 fully saturated rings. The molecule has 0 heterocycles. The van der Waals surface area contributed by atoms with Gasteiger partial charge in [0.2, 0.25) is 0 Å². The van der Waals surface area contributed by atoms with Gasteiger partial charge < -0.3 is 5.11 Å². The van der Waals surface area contributed by atoms with E-state index in [1.54, 1.807) is 13.0 Å². The van der Waals surface area contributed by atoms with Crippen LogP contribution in [0.15, 0.2) is 12.1 Å². The average Bonchev–Trinajstić information content (AvgIpc) is 2.37. The summed E-state index contributed by atoms with van der Waals surface area (Å²) in [6, 6.07) is 2.94. The molecule has 0 spiro atoms. The summed E-state index contributed by atoms with van der Waals surface area (Å²) in [5, 5.41) is 10.4. The summed E-state index contributed by atoms with van der Waals surface area (Å²) in [7, 11) is 0. The summed E-state index contributed by atoms with van der Waals surface area (Å²) < 4.78 is 13.3. The van der Waals surface area contributed by atoms with E-state index in [0.29, 0.717) is 22.6 Å². The van der Waals surface area contributed by atoms with Gasteiger partial charge in [-0.05, 0) is 36.6 Å². The molecule has 0 saturated heterocycles. The Hall–Kier alpha value is -0.600. The molecule has 0 aliphatic carbocycles. The van der Waals surface area contributed by atoms with Crippen molar-refractivity contribution in [1.29, 1.82) is 0 Å². The molecule has 1 aromatic rings. The molecule has 0 aliphatic heterocycles. The van der Waals surface area contributed by atoms with Crippen molar-refractivity contribution in [3.63, 3.8) is 0 Å². The van der Waals surface area contributed by atoms with Gasteiger partial charge in [-0.2, -0.15) is 0 Å². The highest BCUT2D eigenvalue weighted by atomic mass is 35.5. The van der Waals surface area contributed by atoms with E-state index in [9.17, 15) is 9.50 Å². The van der Waals surface area contributed by atoms with Crippen molar-refractivity contribution in [1.82, 2.24) is 0 Å². The van der Waals surface area contributed by atoms with Crippen LogP contribution in [0, 0.1) is 12.7 Å². The van der Waals surface area contributed by atoms with E-state index in [1.165, 1.54) is 31.7 Å². The zero-order chi connectivity index (χ0) is 14.3. The second-order valence-corrected chi connectivity index (χ2v) is 5.60. The Balaban J connectivity index is 2.41. The van der Waals surface area contributed by atoms with Crippen LogP contribution in [0.5, 0.6) is 0 Å². The van der Waals surface area contributed by atoms with Crippen molar-refractivity contribution >= 4 is 11.6 Å². The first-order chi connectivity index (χ1) is 9.06. The van der Waals surface area contributed by atoms with Crippen LogP contribution in [0.1, 0.15) is 69.1 Å². The van der Waals surface area contributed by atoms with Gasteiger partial charge in [-0.15, -0.1) is 0 Å². The maximum Gasteiger partial charge on any atom is 0.127 e. The zero-order valence-electron chi connectivity index (χ0n) is 11.9. The fourth-order valence-corrected chi connectivity index (χ4v) is 2.48. The highest BCUT2D eigenvalue weighted by Gasteiger charge is 2.13. The van der Waals surface area contributed by atoms with Gasteiger partial charge in [-0.1, -0.05) is 57.0 Å². The molecule has 1 unspecified atom stereocenters. The second kappa shape index (κ2) is 8.55. The quantitative estimate of drug-likeness (QED) is 0.619. The number of aliphatic hydroxyl groups is 1. The topological polar surface area (TPSA) is 20.2 Å². The van der Waals surface area contributed by atoms with E-state index in [0.717, 1.165) is 12.8 Å². The fourth-order valence-electron chi connectivity index (χ4n) is 2.21. The van der Waals surface area contributed by atoms with Gasteiger partial charge in [0.15, 0.2) is 0 Å². The lowest BCUT2D eigenvalue weighted by molar-refractivity contribution is 0.163. The van der Waals surface area contributed by atoms with E-state index in [4.69, 9.17) is 11.6 Å². The van der Waals surface area contributed by atoms with E-state index < -0.39 is 6.10 Å². The third-order valence-electron chi connectivity index (χ3n) is 3.47. The standard InChI is InChI=1S/C16H24ClFO/c1-3-4-5-6-7-8-9-16(19)13-10-12(2)15(18)11-14(13)17/h10-11,16,19H,3-9H2,1-2H3. The third kappa shape index (κ3) is 5.50. The maximum absolute atomic E-state index is 13.3. The molecule has 19 heavy (non-hydrogen) atoms. The van der Waals surface area contributed by atoms with Crippen molar-refractivity contribution in [3.8, 4) is 0 Å². The highest BCUT2D eigenvalue weighted by Crippen LogP contribution is 2.29. The summed E-state index contributed by atoms with van der Waals surface area (Å²) in [6.45, 7) is 3.88. The van der Waals surface area contributed by atoms with Crippen LogP contribution in [0.4, 0.5) is 4.39 Å². The minimum Gasteiger partial charge on any atom is -0.388 e. The molecule has 1 nitrogen and oxygen atoms in total. The smallest absolute Gasteiger partial charge is 0.127 e. The van der Waals surface area contributed by atoms with E-state index >= 15 is 0 Å². The SMILES string of the molecule is CCCCCCCCC(O)c1cc(C)c(F)cc1Cl. The number of halogens is 2. The van der Waals surface area contributed by atoms with Gasteiger partial charge in [0.25, 0.3) is 0 Å². The number of hydrogen-bond donors (Lipinski definition) is 1. The molecule has 108 valence electrons. The minimum absolute atomic E-state index is 0.319. The Kier molecular flexibility index (Phi) is 7.40. The van der Waals surface area contributed by atoms with Crippen LogP contribution in [-0.2, 0) is 0 Å². The first-order valence-electron chi connectivity index (χ1n) is 7.19. The number of rotatable bonds is 8. The van der Waals surface area contributed by atoms with Crippen LogP contribution in [0.25, 0.3) is 0 Å². The molecule has 0 aromatic heterocycles. The minimum atomic E-state index is -0.585. The molecule has 0 saturated carbocycles. The normalized spacial score (nSPS) is 12.7. The van der Waals surface area contributed by atoms with Crippen LogP contribution in [-0.4, -0.2) is 5.11 Å². The van der Waals surface area contributed by atoms with E-state index in [2.05, 4.69) is 6.92 Å². The summed E-state index contributed by atoms with van der Waals surface area (Å²) in [4.78, 5) is 0. The third-order valence-corrected chi connectivity index (χ3v) is 3.80. The van der Waals surface area contributed by atoms with Gasteiger partial charge >= 0.3 is 0 Å². The molecular formula is C16H24ClFO. The van der Waals surface area contributed by atoms with Crippen LogP contribution in [0.3, 0.4) is 0 Å². The average molecular weight is 287 g/mol. The van der Waals surface area contributed by atoms with Crippen molar-refractivity contribution in [2.75, 3.05) is 0 Å². The summed E-state index contributed by atoms with van der Waals surface area (Å²) in [6.07, 6.45) is 7.24. The van der Waals surface area contributed by atoms with Gasteiger partial charge in [0.05, 0.1) is 6.10 Å². The lowest BCUT2D eigenvalue weighted by Crippen LogP contribution is -2.00. The highest BCUT2D eigenvalue weighted by molar-refractivity contribution is 6.31. The van der Waals surface area contributed by atoms with Crippen molar-refractivity contribution < 1.29 is 9.50 Å². The van der Waals surface area contributed by atoms with Crippen molar-refractivity contribution in [2.45, 2.75) is 64.9 Å². The molecule has 0 amide bonds. The second-order valence-electron chi connectivity index (χ2n) is 5.20. The number of hydrogen-bond acceptors (Lipinski definition) is 1. The van der Waals surface area contributed by atoms with E-state index in [-0.39, 0.29) is 5.82 Å². The molecule has 1 aromatic carbocycles. The van der Waals surface area contributed by atoms with Gasteiger partial charge in [0, 0.05) is 5.02 Å². The van der Waals surface area contributed by atoms with Gasteiger partial charge in [0.1, 0.15) is 5.82 Å². The monoisotopic (exact) mass is 286 g/mol. The molecule has 1 N–H and O–H groups in total. The molecule has 1 atom stereocenters. The first-order valence-corrected chi connectivity index (χ1v) is 7.57. The predicted octanol–water partition coefficient (Wildman–Crippen LogP) is 5.57. The number of benzene rings is 1. The van der Waals surface area contributed by atoms with Crippen LogP contribution >= 0.6 is 11.6 Å². The summed E-state index contributed by atoms with van der Waals surface area (Å²) in [5.41, 5.74) is 1.18. The summed E-state index contributed by atoms with van der Waals surface area (Å²) >= 11 is 5.98. The van der Waals surface area contributed by atoms with Crippen LogP contribution in [0.2, 0.25) is 5.02 Å². The molecular weight excluding hydrogens is 263 g/mol. The number of aryl methyl sites for hydroxylation is 1. The number of aliphatic hydroxyl groups excluding tert-OH is 1. The lowest BCUT2D eigenvalue weighted by Gasteiger charge is -2.14. The Morgan fingerprint density at radius 1 is 1.16 bits per heavy atom. The lowest BCUT2D eigenvalue weighted by atomic mass is 10.0. The molecule has 1 rings (SSSR count). The Labute approximate surface area is 120 Å². The molecule has 0 bridgehead atoms. The Morgan fingerprint density at radius 2 is 1.79 bits per heavy atom. The maximum atomic E-state index is 13.3.